The molecule has 0 unspecified atom stereocenters. The van der Waals surface area contributed by atoms with Gasteiger partial charge in [0.25, 0.3) is 0 Å². The van der Waals surface area contributed by atoms with Gasteiger partial charge in [-0.15, -0.1) is 0 Å². The van der Waals surface area contributed by atoms with Crippen LogP contribution in [0.25, 0.3) is 11.1 Å². The number of hydrogen-bond acceptors (Lipinski definition) is 1. The van der Waals surface area contributed by atoms with Crippen LogP contribution in [0, 0.1) is 17.6 Å². The Bertz CT molecular complexity index is 848. The van der Waals surface area contributed by atoms with Crippen LogP contribution in [-0.2, 0) is 0 Å². The van der Waals surface area contributed by atoms with Gasteiger partial charge in [0.2, 0.25) is 5.82 Å². The van der Waals surface area contributed by atoms with Gasteiger partial charge < -0.3 is 4.74 Å². The van der Waals surface area contributed by atoms with E-state index < -0.39 is 11.6 Å². The maximum Gasteiger partial charge on any atom is 0.201 e. The van der Waals surface area contributed by atoms with Crippen molar-refractivity contribution in [3.8, 4) is 16.9 Å². The molecule has 1 fully saturated rings. The summed E-state index contributed by atoms with van der Waals surface area (Å²) in [6.45, 7) is 4.64. The van der Waals surface area contributed by atoms with Crippen LogP contribution >= 0.6 is 0 Å². The Labute approximate surface area is 192 Å². The Hall–Kier alpha value is -2.16. The van der Waals surface area contributed by atoms with Crippen molar-refractivity contribution in [2.24, 2.45) is 5.92 Å². The van der Waals surface area contributed by atoms with E-state index in [9.17, 15) is 8.78 Å². The lowest BCUT2D eigenvalue weighted by molar-refractivity contribution is 0.285. The molecule has 0 radical (unpaired) electrons. The van der Waals surface area contributed by atoms with Gasteiger partial charge in [-0.25, -0.2) is 4.39 Å². The predicted molar refractivity (Wildman–Crippen MR) is 130 cm³/mol. The lowest BCUT2D eigenvalue weighted by atomic mass is 9.77. The van der Waals surface area contributed by atoms with Gasteiger partial charge in [0.15, 0.2) is 11.6 Å². The third-order valence-corrected chi connectivity index (χ3v) is 6.82. The third kappa shape index (κ3) is 6.67. The average molecular weight is 441 g/mol. The summed E-state index contributed by atoms with van der Waals surface area (Å²) in [5, 5.41) is 0. The molecule has 3 heteroatoms. The van der Waals surface area contributed by atoms with E-state index in [1.165, 1.54) is 44.1 Å². The van der Waals surface area contributed by atoms with E-state index in [1.807, 2.05) is 12.1 Å². The molecule has 0 bridgehead atoms. The van der Waals surface area contributed by atoms with Crippen molar-refractivity contribution >= 4 is 0 Å². The van der Waals surface area contributed by atoms with E-state index in [-0.39, 0.29) is 5.75 Å². The van der Waals surface area contributed by atoms with Gasteiger partial charge in [-0.3, -0.25) is 0 Å². The topological polar surface area (TPSA) is 9.23 Å². The lowest BCUT2D eigenvalue weighted by Gasteiger charge is -2.28. The lowest BCUT2D eigenvalue weighted by Crippen LogP contribution is -2.13. The van der Waals surface area contributed by atoms with Crippen LogP contribution in [0.15, 0.2) is 48.6 Å². The highest BCUT2D eigenvalue weighted by Crippen LogP contribution is 2.38. The minimum atomic E-state index is -0.890. The van der Waals surface area contributed by atoms with Crippen molar-refractivity contribution in [3.05, 3.63) is 65.7 Å². The molecule has 1 saturated carbocycles. The number of benzene rings is 2. The molecule has 32 heavy (non-hydrogen) atoms. The summed E-state index contributed by atoms with van der Waals surface area (Å²) in [6, 6.07) is 11.2. The SMILES string of the molecule is C/C=C/CCC1CCC(c2ccc(-c3ccc(OCCCCCC)c(F)c3F)cc2)CC1. The van der Waals surface area contributed by atoms with E-state index in [4.69, 9.17) is 4.74 Å². The minimum absolute atomic E-state index is 0.00514. The van der Waals surface area contributed by atoms with Crippen LogP contribution in [0.4, 0.5) is 8.78 Å². The number of ether oxygens (including phenoxy) is 1. The van der Waals surface area contributed by atoms with Gasteiger partial charge in [0, 0.05) is 5.56 Å². The molecular formula is C29H38F2O. The van der Waals surface area contributed by atoms with Gasteiger partial charge >= 0.3 is 0 Å². The standard InChI is InChI=1S/C29H38F2O/c1-3-5-7-9-21-32-27-20-19-26(28(30)29(27)31)25-17-15-24(16-18-25)23-13-11-22(12-14-23)10-8-6-4-2/h4,6,15-20,22-23H,3,5,7-14,21H2,1-2H3/b6-4+. The Morgan fingerprint density at radius 3 is 2.34 bits per heavy atom. The average Bonchev–Trinajstić information content (AvgIpc) is 2.82. The number of hydrogen-bond donors (Lipinski definition) is 0. The molecular weight excluding hydrogens is 402 g/mol. The van der Waals surface area contributed by atoms with E-state index in [0.717, 1.165) is 31.6 Å². The third-order valence-electron chi connectivity index (χ3n) is 6.82. The molecule has 1 aliphatic rings. The molecule has 0 saturated heterocycles. The number of halogens is 2. The number of unbranched alkanes of at least 4 members (excludes halogenated alkanes) is 3. The second-order valence-electron chi connectivity index (χ2n) is 9.13. The van der Waals surface area contributed by atoms with Crippen molar-refractivity contribution in [2.45, 2.75) is 84.0 Å². The fourth-order valence-corrected chi connectivity index (χ4v) is 4.80. The van der Waals surface area contributed by atoms with Crippen molar-refractivity contribution in [1.82, 2.24) is 0 Å². The number of allylic oxidation sites excluding steroid dienone is 2. The molecule has 1 nitrogen and oxygen atoms in total. The summed E-state index contributed by atoms with van der Waals surface area (Å²) in [5.41, 5.74) is 2.31. The molecule has 2 aromatic rings. The summed E-state index contributed by atoms with van der Waals surface area (Å²) in [4.78, 5) is 0. The smallest absolute Gasteiger partial charge is 0.201 e. The highest BCUT2D eigenvalue weighted by Gasteiger charge is 2.22. The zero-order chi connectivity index (χ0) is 22.8. The highest BCUT2D eigenvalue weighted by atomic mass is 19.2. The summed E-state index contributed by atoms with van der Waals surface area (Å²) in [7, 11) is 0. The van der Waals surface area contributed by atoms with E-state index in [2.05, 4.69) is 38.1 Å². The Morgan fingerprint density at radius 2 is 1.66 bits per heavy atom. The van der Waals surface area contributed by atoms with Gasteiger partial charge in [0.05, 0.1) is 6.61 Å². The molecule has 0 amide bonds. The molecule has 0 aliphatic heterocycles. The van der Waals surface area contributed by atoms with Crippen molar-refractivity contribution in [3.63, 3.8) is 0 Å². The maximum absolute atomic E-state index is 14.7. The first-order valence-corrected chi connectivity index (χ1v) is 12.5. The normalized spacial score (nSPS) is 18.9. The maximum atomic E-state index is 14.7. The summed E-state index contributed by atoms with van der Waals surface area (Å²) >= 11 is 0. The van der Waals surface area contributed by atoms with Gasteiger partial charge in [-0.05, 0) is 87.0 Å². The summed E-state index contributed by atoms with van der Waals surface area (Å²) in [5.74, 6) is -0.299. The van der Waals surface area contributed by atoms with E-state index in [0.29, 0.717) is 23.7 Å². The van der Waals surface area contributed by atoms with Gasteiger partial charge in [0.1, 0.15) is 0 Å². The molecule has 0 aromatic heterocycles. The predicted octanol–water partition coefficient (Wildman–Crippen LogP) is 9.22. The molecule has 0 spiro atoms. The summed E-state index contributed by atoms with van der Waals surface area (Å²) < 4.78 is 34.8. The van der Waals surface area contributed by atoms with Gasteiger partial charge in [-0.1, -0.05) is 62.6 Å². The quantitative estimate of drug-likeness (QED) is 0.250. The molecule has 0 heterocycles. The Morgan fingerprint density at radius 1 is 0.906 bits per heavy atom. The minimum Gasteiger partial charge on any atom is -0.490 e. The van der Waals surface area contributed by atoms with Crippen molar-refractivity contribution in [2.75, 3.05) is 6.61 Å². The van der Waals surface area contributed by atoms with Crippen molar-refractivity contribution < 1.29 is 13.5 Å². The first kappa shape index (κ1) is 24.5. The van der Waals surface area contributed by atoms with Crippen LogP contribution in [0.5, 0.6) is 5.75 Å². The van der Waals surface area contributed by atoms with Crippen molar-refractivity contribution in [1.29, 1.82) is 0 Å². The Kier molecular flexibility index (Phi) is 9.77. The monoisotopic (exact) mass is 440 g/mol. The number of rotatable bonds is 11. The van der Waals surface area contributed by atoms with Crippen LogP contribution in [0.2, 0.25) is 0 Å². The first-order chi connectivity index (χ1) is 15.6. The fraction of sp³-hybridized carbons (Fsp3) is 0.517. The molecule has 2 aromatic carbocycles. The van der Waals surface area contributed by atoms with Crippen LogP contribution in [-0.4, -0.2) is 6.61 Å². The zero-order valence-electron chi connectivity index (χ0n) is 19.7. The summed E-state index contributed by atoms with van der Waals surface area (Å²) in [6.07, 6.45) is 16.0. The largest absolute Gasteiger partial charge is 0.490 e. The molecule has 0 N–H and O–H groups in total. The fourth-order valence-electron chi connectivity index (χ4n) is 4.80. The second-order valence-corrected chi connectivity index (χ2v) is 9.13. The van der Waals surface area contributed by atoms with Gasteiger partial charge in [-0.2, -0.15) is 4.39 Å². The van der Waals surface area contributed by atoms with E-state index in [1.54, 1.807) is 12.1 Å². The molecule has 174 valence electrons. The molecule has 0 atom stereocenters. The Balaban J connectivity index is 1.58. The van der Waals surface area contributed by atoms with Crippen LogP contribution in [0.3, 0.4) is 0 Å². The zero-order valence-corrected chi connectivity index (χ0v) is 19.7. The second kappa shape index (κ2) is 12.8. The van der Waals surface area contributed by atoms with Crippen LogP contribution < -0.4 is 4.74 Å². The molecule has 1 aliphatic carbocycles. The van der Waals surface area contributed by atoms with Crippen LogP contribution in [0.1, 0.15) is 89.5 Å². The first-order valence-electron chi connectivity index (χ1n) is 12.5. The molecule has 3 rings (SSSR count). The van der Waals surface area contributed by atoms with E-state index >= 15 is 0 Å². The highest BCUT2D eigenvalue weighted by molar-refractivity contribution is 5.65.